The molecule has 6 nitrogen and oxygen atoms in total. The minimum Gasteiger partial charge on any atom is -0.337 e. The maximum Gasteiger partial charge on any atom is 0.272 e. The lowest BCUT2D eigenvalue weighted by molar-refractivity contribution is 0.0690. The molecule has 28 heavy (non-hydrogen) atoms. The van der Waals surface area contributed by atoms with Gasteiger partial charge in [0.15, 0.2) is 0 Å². The van der Waals surface area contributed by atoms with Gasteiger partial charge in [0.05, 0.1) is 11.0 Å². The molecule has 0 saturated carbocycles. The molecule has 0 spiro atoms. The second-order valence-corrected chi connectivity index (χ2v) is 7.64. The molecular weight excluding hydrogens is 350 g/mol. The Morgan fingerprint density at radius 1 is 1.14 bits per heavy atom. The smallest absolute Gasteiger partial charge is 0.272 e. The number of amides is 1. The van der Waals surface area contributed by atoms with Crippen LogP contribution in [0.25, 0.3) is 11.0 Å². The van der Waals surface area contributed by atoms with Crippen molar-refractivity contribution < 1.29 is 4.79 Å². The Hall–Kier alpha value is -2.63. The van der Waals surface area contributed by atoms with Crippen molar-refractivity contribution in [1.29, 1.82) is 0 Å². The Balaban J connectivity index is 1.60. The summed E-state index contributed by atoms with van der Waals surface area (Å²) in [6, 6.07) is 10.2. The van der Waals surface area contributed by atoms with Crippen molar-refractivity contribution in [2.75, 3.05) is 13.1 Å². The van der Waals surface area contributed by atoms with Gasteiger partial charge in [-0.2, -0.15) is 5.10 Å². The number of nitrogens with zero attached hydrogens (tertiary/aromatic N) is 5. The van der Waals surface area contributed by atoms with Gasteiger partial charge in [0.2, 0.25) is 0 Å². The number of likely N-dealkylation sites (tertiary alicyclic amines) is 1. The zero-order valence-corrected chi connectivity index (χ0v) is 16.8. The molecule has 6 heteroatoms. The van der Waals surface area contributed by atoms with Gasteiger partial charge in [-0.25, -0.2) is 4.98 Å². The van der Waals surface area contributed by atoms with Crippen molar-refractivity contribution in [3.8, 4) is 0 Å². The average molecular weight is 380 g/mol. The zero-order chi connectivity index (χ0) is 19.5. The van der Waals surface area contributed by atoms with Crippen LogP contribution in [0.4, 0.5) is 0 Å². The van der Waals surface area contributed by atoms with E-state index < -0.39 is 0 Å². The number of para-hydroxylation sites is 2. The number of aryl methyl sites for hydroxylation is 2. The van der Waals surface area contributed by atoms with Crippen LogP contribution in [0.3, 0.4) is 0 Å². The van der Waals surface area contributed by atoms with E-state index in [1.807, 2.05) is 21.7 Å². The fraction of sp³-hybridized carbons (Fsp3) is 0.500. The van der Waals surface area contributed by atoms with Crippen molar-refractivity contribution in [2.45, 2.75) is 58.5 Å². The molecule has 3 aromatic rings. The van der Waals surface area contributed by atoms with Crippen molar-refractivity contribution in [2.24, 2.45) is 0 Å². The van der Waals surface area contributed by atoms with E-state index in [1.54, 1.807) is 6.20 Å². The molecule has 3 heterocycles. The van der Waals surface area contributed by atoms with Gasteiger partial charge >= 0.3 is 0 Å². The number of piperidine rings is 1. The molecule has 1 fully saturated rings. The van der Waals surface area contributed by atoms with Crippen LogP contribution in [-0.2, 0) is 13.1 Å². The van der Waals surface area contributed by atoms with Gasteiger partial charge in [-0.1, -0.05) is 26.0 Å². The van der Waals surface area contributed by atoms with Crippen LogP contribution in [0.5, 0.6) is 0 Å². The molecule has 0 aliphatic carbocycles. The number of hydrogen-bond donors (Lipinski definition) is 0. The quantitative estimate of drug-likeness (QED) is 0.649. The maximum atomic E-state index is 13.2. The van der Waals surface area contributed by atoms with Crippen LogP contribution in [0.15, 0.2) is 36.5 Å². The molecule has 1 saturated heterocycles. The summed E-state index contributed by atoms with van der Waals surface area (Å²) >= 11 is 0. The largest absolute Gasteiger partial charge is 0.337 e. The molecular formula is C22H29N5O. The lowest BCUT2D eigenvalue weighted by Crippen LogP contribution is -2.40. The van der Waals surface area contributed by atoms with Crippen LogP contribution in [0, 0.1) is 0 Å². The lowest BCUT2D eigenvalue weighted by Gasteiger charge is -2.32. The number of hydrogen-bond acceptors (Lipinski definition) is 3. The van der Waals surface area contributed by atoms with Gasteiger partial charge in [0, 0.05) is 38.3 Å². The monoisotopic (exact) mass is 379 g/mol. The Morgan fingerprint density at radius 3 is 2.79 bits per heavy atom. The van der Waals surface area contributed by atoms with Gasteiger partial charge in [-0.05, 0) is 43.9 Å². The first-order valence-corrected chi connectivity index (χ1v) is 10.5. The van der Waals surface area contributed by atoms with E-state index in [0.717, 1.165) is 63.2 Å². The van der Waals surface area contributed by atoms with Gasteiger partial charge in [-0.15, -0.1) is 0 Å². The molecule has 0 radical (unpaired) electrons. The van der Waals surface area contributed by atoms with Crippen LogP contribution >= 0.6 is 0 Å². The standard InChI is InChI=1S/C22H29N5O/c1-3-13-26-19-10-6-5-9-18(19)24-21(26)17-8-7-15-25(16-17)22(28)20-11-12-23-27(20)14-4-2/h5-6,9-12,17H,3-4,7-8,13-16H2,1-2H3. The summed E-state index contributed by atoms with van der Waals surface area (Å²) in [5.41, 5.74) is 2.95. The van der Waals surface area contributed by atoms with Crippen molar-refractivity contribution in [3.05, 3.63) is 48.0 Å². The predicted octanol–water partition coefficient (Wildman–Crippen LogP) is 4.07. The van der Waals surface area contributed by atoms with Crippen molar-refractivity contribution >= 4 is 16.9 Å². The third-order valence-electron chi connectivity index (χ3n) is 5.58. The van der Waals surface area contributed by atoms with E-state index in [2.05, 4.69) is 41.7 Å². The molecule has 148 valence electrons. The summed E-state index contributed by atoms with van der Waals surface area (Å²) < 4.78 is 4.19. The maximum absolute atomic E-state index is 13.2. The summed E-state index contributed by atoms with van der Waals surface area (Å²) in [6.45, 7) is 7.57. The van der Waals surface area contributed by atoms with E-state index in [0.29, 0.717) is 5.69 Å². The predicted molar refractivity (Wildman–Crippen MR) is 110 cm³/mol. The Labute approximate surface area is 166 Å². The first kappa shape index (κ1) is 18.7. The second-order valence-electron chi connectivity index (χ2n) is 7.64. The van der Waals surface area contributed by atoms with Gasteiger partial charge in [0.1, 0.15) is 11.5 Å². The lowest BCUT2D eigenvalue weighted by atomic mass is 9.96. The molecule has 1 aromatic carbocycles. The Kier molecular flexibility index (Phi) is 5.46. The van der Waals surface area contributed by atoms with E-state index >= 15 is 0 Å². The summed E-state index contributed by atoms with van der Waals surface area (Å²) in [5.74, 6) is 1.50. The minimum atomic E-state index is 0.0915. The highest BCUT2D eigenvalue weighted by atomic mass is 16.2. The third kappa shape index (κ3) is 3.43. The molecule has 0 N–H and O–H groups in total. The number of benzene rings is 1. The van der Waals surface area contributed by atoms with Crippen LogP contribution in [0.1, 0.15) is 61.8 Å². The normalized spacial score (nSPS) is 17.4. The number of carbonyl (C=O) groups is 1. The highest BCUT2D eigenvalue weighted by Gasteiger charge is 2.30. The Bertz CT molecular complexity index is 957. The molecule has 0 bridgehead atoms. The molecule has 1 amide bonds. The fourth-order valence-corrected chi connectivity index (χ4v) is 4.30. The fourth-order valence-electron chi connectivity index (χ4n) is 4.30. The van der Waals surface area contributed by atoms with Crippen LogP contribution in [0.2, 0.25) is 0 Å². The topological polar surface area (TPSA) is 56.0 Å². The van der Waals surface area contributed by atoms with E-state index in [1.165, 1.54) is 5.52 Å². The average Bonchev–Trinajstić information content (AvgIpc) is 3.33. The van der Waals surface area contributed by atoms with Gasteiger partial charge in [-0.3, -0.25) is 9.48 Å². The first-order chi connectivity index (χ1) is 13.7. The number of imidazole rings is 1. The SMILES string of the molecule is CCCn1nccc1C(=O)N1CCCC(c2nc3ccccc3n2CCC)C1. The van der Waals surface area contributed by atoms with Gasteiger partial charge < -0.3 is 9.47 Å². The second kappa shape index (κ2) is 8.17. The first-order valence-electron chi connectivity index (χ1n) is 10.5. The zero-order valence-electron chi connectivity index (χ0n) is 16.8. The summed E-state index contributed by atoms with van der Waals surface area (Å²) in [7, 11) is 0. The Morgan fingerprint density at radius 2 is 1.96 bits per heavy atom. The number of aromatic nitrogens is 4. The molecule has 1 atom stereocenters. The molecule has 1 aliphatic heterocycles. The van der Waals surface area contributed by atoms with E-state index in [9.17, 15) is 4.79 Å². The number of carbonyl (C=O) groups excluding carboxylic acids is 1. The third-order valence-corrected chi connectivity index (χ3v) is 5.58. The summed E-state index contributed by atoms with van der Waals surface area (Å²) in [5, 5.41) is 4.32. The van der Waals surface area contributed by atoms with Crippen molar-refractivity contribution in [1.82, 2.24) is 24.2 Å². The molecule has 1 aliphatic rings. The molecule has 2 aromatic heterocycles. The summed E-state index contributed by atoms with van der Waals surface area (Å²) in [6.07, 6.45) is 5.84. The highest BCUT2D eigenvalue weighted by molar-refractivity contribution is 5.92. The molecule has 1 unspecified atom stereocenters. The minimum absolute atomic E-state index is 0.0915. The van der Waals surface area contributed by atoms with Crippen molar-refractivity contribution in [3.63, 3.8) is 0 Å². The van der Waals surface area contributed by atoms with Gasteiger partial charge in [0.25, 0.3) is 5.91 Å². The molecule has 4 rings (SSSR count). The van der Waals surface area contributed by atoms with Crippen LogP contribution < -0.4 is 0 Å². The van der Waals surface area contributed by atoms with Crippen LogP contribution in [-0.4, -0.2) is 43.2 Å². The number of rotatable bonds is 6. The van der Waals surface area contributed by atoms with E-state index in [4.69, 9.17) is 4.98 Å². The van der Waals surface area contributed by atoms with E-state index in [-0.39, 0.29) is 11.8 Å². The highest BCUT2D eigenvalue weighted by Crippen LogP contribution is 2.30. The number of fused-ring (bicyclic) bond motifs is 1. The summed E-state index contributed by atoms with van der Waals surface area (Å²) in [4.78, 5) is 20.1.